The van der Waals surface area contributed by atoms with Gasteiger partial charge in [0.05, 0.1) is 4.34 Å². The second-order valence-corrected chi connectivity index (χ2v) is 7.56. The Morgan fingerprint density at radius 2 is 2.15 bits per heavy atom. The van der Waals surface area contributed by atoms with Crippen LogP contribution in [0.15, 0.2) is 42.7 Å². The molecule has 2 aromatic rings. The van der Waals surface area contributed by atoms with Crippen molar-refractivity contribution in [3.05, 3.63) is 51.9 Å². The SMILES string of the molecule is O=C(/C=C/c1ccc(Cl)s1)NC1CCN(CCNc2ccncc2)C1=O. The molecule has 1 fully saturated rings. The quantitative estimate of drug-likeness (QED) is 0.713. The van der Waals surface area contributed by atoms with Crippen molar-refractivity contribution in [2.24, 2.45) is 0 Å². The molecule has 0 radical (unpaired) electrons. The largest absolute Gasteiger partial charge is 0.383 e. The Morgan fingerprint density at radius 1 is 1.35 bits per heavy atom. The summed E-state index contributed by atoms with van der Waals surface area (Å²) >= 11 is 7.25. The van der Waals surface area contributed by atoms with Crippen molar-refractivity contribution in [2.45, 2.75) is 12.5 Å². The van der Waals surface area contributed by atoms with Crippen LogP contribution in [0, 0.1) is 0 Å². The number of likely N-dealkylation sites (tertiary alicyclic amines) is 1. The van der Waals surface area contributed by atoms with Crippen molar-refractivity contribution in [1.82, 2.24) is 15.2 Å². The van der Waals surface area contributed by atoms with E-state index >= 15 is 0 Å². The van der Waals surface area contributed by atoms with E-state index in [9.17, 15) is 9.59 Å². The molecule has 3 heterocycles. The number of rotatable bonds is 7. The molecule has 1 unspecified atom stereocenters. The Bertz CT molecular complexity index is 793. The van der Waals surface area contributed by atoms with Gasteiger partial charge in [0, 0.05) is 48.7 Å². The van der Waals surface area contributed by atoms with Crippen molar-refractivity contribution in [3.8, 4) is 0 Å². The summed E-state index contributed by atoms with van der Waals surface area (Å²) in [4.78, 5) is 31.0. The Balaban J connectivity index is 1.43. The molecule has 1 saturated heterocycles. The summed E-state index contributed by atoms with van der Waals surface area (Å²) in [5, 5.41) is 6.02. The van der Waals surface area contributed by atoms with Gasteiger partial charge in [-0.3, -0.25) is 14.6 Å². The maximum atomic E-state index is 12.4. The average Bonchev–Trinajstić information content (AvgIpc) is 3.21. The van der Waals surface area contributed by atoms with E-state index < -0.39 is 6.04 Å². The van der Waals surface area contributed by atoms with E-state index in [0.29, 0.717) is 30.4 Å². The molecular weight excluding hydrogens is 372 g/mol. The predicted octanol–water partition coefficient (Wildman–Crippen LogP) is 2.64. The third-order valence-corrected chi connectivity index (χ3v) is 5.19. The normalized spacial score (nSPS) is 17.0. The van der Waals surface area contributed by atoms with Crippen LogP contribution in [0.3, 0.4) is 0 Å². The van der Waals surface area contributed by atoms with Gasteiger partial charge in [0.2, 0.25) is 11.8 Å². The van der Waals surface area contributed by atoms with Crippen molar-refractivity contribution in [1.29, 1.82) is 0 Å². The summed E-state index contributed by atoms with van der Waals surface area (Å²) in [5.41, 5.74) is 0.968. The van der Waals surface area contributed by atoms with Gasteiger partial charge in [0.15, 0.2) is 0 Å². The van der Waals surface area contributed by atoms with Gasteiger partial charge in [-0.05, 0) is 36.8 Å². The van der Waals surface area contributed by atoms with Crippen LogP contribution in [0.1, 0.15) is 11.3 Å². The number of pyridine rings is 1. The lowest BCUT2D eigenvalue weighted by molar-refractivity contribution is -0.131. The second kappa shape index (κ2) is 8.82. The minimum atomic E-state index is -0.458. The number of halogens is 1. The minimum Gasteiger partial charge on any atom is -0.383 e. The average molecular weight is 391 g/mol. The smallest absolute Gasteiger partial charge is 0.245 e. The molecule has 0 aromatic carbocycles. The molecule has 2 amide bonds. The highest BCUT2D eigenvalue weighted by atomic mass is 35.5. The Hall–Kier alpha value is -2.38. The van der Waals surface area contributed by atoms with Gasteiger partial charge in [-0.15, -0.1) is 11.3 Å². The molecule has 1 aliphatic heterocycles. The molecule has 136 valence electrons. The topological polar surface area (TPSA) is 74.3 Å². The lowest BCUT2D eigenvalue weighted by atomic mass is 10.2. The number of nitrogens with one attached hydrogen (secondary N) is 2. The monoisotopic (exact) mass is 390 g/mol. The van der Waals surface area contributed by atoms with E-state index in [0.717, 1.165) is 10.6 Å². The number of carbonyl (C=O) groups excluding carboxylic acids is 2. The molecule has 2 aromatic heterocycles. The van der Waals surface area contributed by atoms with E-state index in [1.165, 1.54) is 17.4 Å². The van der Waals surface area contributed by atoms with Crippen molar-refractivity contribution in [2.75, 3.05) is 25.0 Å². The minimum absolute atomic E-state index is 0.0394. The zero-order valence-corrected chi connectivity index (χ0v) is 15.6. The molecule has 1 atom stereocenters. The summed E-state index contributed by atoms with van der Waals surface area (Å²) in [6.45, 7) is 1.89. The number of carbonyl (C=O) groups is 2. The Labute approximate surface area is 160 Å². The fraction of sp³-hybridized carbons (Fsp3) is 0.278. The Kier molecular flexibility index (Phi) is 6.25. The van der Waals surface area contributed by atoms with E-state index in [-0.39, 0.29) is 11.8 Å². The van der Waals surface area contributed by atoms with Crippen LogP contribution >= 0.6 is 22.9 Å². The van der Waals surface area contributed by atoms with E-state index in [1.54, 1.807) is 29.4 Å². The van der Waals surface area contributed by atoms with Crippen LogP contribution in [0.4, 0.5) is 5.69 Å². The van der Waals surface area contributed by atoms with Gasteiger partial charge in [0.1, 0.15) is 6.04 Å². The number of anilines is 1. The maximum Gasteiger partial charge on any atom is 0.245 e. The molecule has 0 aliphatic carbocycles. The van der Waals surface area contributed by atoms with Crippen LogP contribution in [-0.2, 0) is 9.59 Å². The summed E-state index contributed by atoms with van der Waals surface area (Å²) in [5.74, 6) is -0.313. The molecule has 0 spiro atoms. The predicted molar refractivity (Wildman–Crippen MR) is 104 cm³/mol. The number of thiophene rings is 1. The van der Waals surface area contributed by atoms with Gasteiger partial charge < -0.3 is 15.5 Å². The molecule has 2 N–H and O–H groups in total. The highest BCUT2D eigenvalue weighted by molar-refractivity contribution is 7.17. The number of hydrogen-bond donors (Lipinski definition) is 2. The van der Waals surface area contributed by atoms with Crippen LogP contribution in [0.2, 0.25) is 4.34 Å². The first-order chi connectivity index (χ1) is 12.6. The van der Waals surface area contributed by atoms with Gasteiger partial charge in [-0.2, -0.15) is 0 Å². The summed E-state index contributed by atoms with van der Waals surface area (Å²) in [6, 6.07) is 6.92. The maximum absolute atomic E-state index is 12.4. The van der Waals surface area contributed by atoms with Crippen LogP contribution in [0.25, 0.3) is 6.08 Å². The van der Waals surface area contributed by atoms with Gasteiger partial charge >= 0.3 is 0 Å². The fourth-order valence-electron chi connectivity index (χ4n) is 2.70. The first kappa shape index (κ1) is 18.4. The number of hydrogen-bond acceptors (Lipinski definition) is 5. The van der Waals surface area contributed by atoms with Crippen LogP contribution in [-0.4, -0.2) is 47.4 Å². The number of nitrogens with zero attached hydrogens (tertiary/aromatic N) is 2. The molecule has 6 nitrogen and oxygen atoms in total. The summed E-state index contributed by atoms with van der Waals surface area (Å²) in [7, 11) is 0. The summed E-state index contributed by atoms with van der Waals surface area (Å²) < 4.78 is 0.673. The van der Waals surface area contributed by atoms with E-state index in [4.69, 9.17) is 11.6 Å². The first-order valence-electron chi connectivity index (χ1n) is 8.28. The highest BCUT2D eigenvalue weighted by Crippen LogP contribution is 2.22. The number of aromatic nitrogens is 1. The van der Waals surface area contributed by atoms with E-state index in [1.807, 2.05) is 18.2 Å². The van der Waals surface area contributed by atoms with Crippen molar-refractivity contribution >= 4 is 46.5 Å². The van der Waals surface area contributed by atoms with E-state index in [2.05, 4.69) is 15.6 Å². The molecule has 0 bridgehead atoms. The molecule has 3 rings (SSSR count). The Morgan fingerprint density at radius 3 is 2.88 bits per heavy atom. The highest BCUT2D eigenvalue weighted by Gasteiger charge is 2.31. The molecule has 8 heteroatoms. The van der Waals surface area contributed by atoms with Gasteiger partial charge in [-0.25, -0.2) is 0 Å². The molecule has 1 aliphatic rings. The number of amides is 2. The first-order valence-corrected chi connectivity index (χ1v) is 9.48. The lowest BCUT2D eigenvalue weighted by Gasteiger charge is -2.17. The standard InChI is InChI=1S/C18H19ClN4O2S/c19-16-3-1-14(26-16)2-4-17(24)22-15-7-11-23(18(15)25)12-10-21-13-5-8-20-9-6-13/h1-6,8-9,15H,7,10-12H2,(H,20,21)(H,22,24)/b4-2+. The molecular formula is C18H19ClN4O2S. The zero-order valence-electron chi connectivity index (χ0n) is 14.0. The lowest BCUT2D eigenvalue weighted by Crippen LogP contribution is -2.41. The fourth-order valence-corrected chi connectivity index (χ4v) is 3.66. The van der Waals surface area contributed by atoms with Crippen LogP contribution in [0.5, 0.6) is 0 Å². The summed E-state index contributed by atoms with van der Waals surface area (Å²) in [6.07, 6.45) is 7.18. The van der Waals surface area contributed by atoms with Crippen LogP contribution < -0.4 is 10.6 Å². The third kappa shape index (κ3) is 5.06. The molecule has 26 heavy (non-hydrogen) atoms. The van der Waals surface area contributed by atoms with Gasteiger partial charge in [-0.1, -0.05) is 11.6 Å². The third-order valence-electron chi connectivity index (χ3n) is 4.00. The van der Waals surface area contributed by atoms with Gasteiger partial charge in [0.25, 0.3) is 0 Å². The zero-order chi connectivity index (χ0) is 18.4. The molecule has 0 saturated carbocycles. The van der Waals surface area contributed by atoms with Crippen molar-refractivity contribution in [3.63, 3.8) is 0 Å². The second-order valence-electron chi connectivity index (χ2n) is 5.81. The van der Waals surface area contributed by atoms with Crippen molar-refractivity contribution < 1.29 is 9.59 Å².